The molecule has 0 radical (unpaired) electrons. The van der Waals surface area contributed by atoms with Crippen LogP contribution in [0.25, 0.3) is 17.0 Å². The van der Waals surface area contributed by atoms with E-state index in [1.54, 1.807) is 24.5 Å². The smallest absolute Gasteiger partial charge is 0.496 e. The molecule has 5 unspecified atom stereocenters. The lowest BCUT2D eigenvalue weighted by Gasteiger charge is -2.40. The van der Waals surface area contributed by atoms with Gasteiger partial charge in [-0.3, -0.25) is 4.79 Å². The molecule has 1 fully saturated rings. The van der Waals surface area contributed by atoms with E-state index in [4.69, 9.17) is 23.4 Å². The highest BCUT2D eigenvalue weighted by atomic mass is 16.7. The van der Waals surface area contributed by atoms with Crippen LogP contribution in [0.4, 0.5) is 4.79 Å². The highest BCUT2D eigenvalue weighted by molar-refractivity contribution is 6.09. The van der Waals surface area contributed by atoms with Crippen molar-refractivity contribution < 1.29 is 53.0 Å². The number of fused-ring (bicyclic) bond motifs is 1. The molecule has 3 N–H and O–H groups in total. The lowest BCUT2D eigenvalue weighted by atomic mass is 9.89. The van der Waals surface area contributed by atoms with Gasteiger partial charge in [-0.2, -0.15) is 0 Å². The van der Waals surface area contributed by atoms with E-state index < -0.39 is 49.1 Å². The summed E-state index contributed by atoms with van der Waals surface area (Å²) >= 11 is 0. The van der Waals surface area contributed by atoms with Crippen LogP contribution >= 0.6 is 0 Å². The molecule has 3 aromatic rings. The second-order valence-electron chi connectivity index (χ2n) is 8.94. The van der Waals surface area contributed by atoms with Crippen molar-refractivity contribution in [2.75, 3.05) is 27.4 Å². The fraction of sp³-hybridized carbons (Fsp3) is 0.310. The number of rotatable bonds is 10. The molecule has 0 amide bonds. The van der Waals surface area contributed by atoms with Gasteiger partial charge in [-0.15, -0.1) is 0 Å². The summed E-state index contributed by atoms with van der Waals surface area (Å²) in [4.78, 5) is 24.8. The average Bonchev–Trinajstić information content (AvgIpc) is 3.44. The second-order valence-corrected chi connectivity index (χ2v) is 8.94. The van der Waals surface area contributed by atoms with Gasteiger partial charge in [-0.05, 0) is 35.9 Å². The molecule has 212 valence electrons. The van der Waals surface area contributed by atoms with E-state index in [0.29, 0.717) is 0 Å². The Hall–Kier alpha value is -4.16. The van der Waals surface area contributed by atoms with Gasteiger partial charge in [0.25, 0.3) is 0 Å². The molecule has 11 heteroatoms. The Morgan fingerprint density at radius 1 is 1.02 bits per heavy atom. The molecule has 5 atom stereocenters. The number of aliphatic hydroxyl groups is 3. The Kier molecular flexibility index (Phi) is 9.22. The van der Waals surface area contributed by atoms with Crippen molar-refractivity contribution in [3.63, 3.8) is 0 Å². The van der Waals surface area contributed by atoms with Gasteiger partial charge < -0.3 is 43.4 Å². The SMILES string of the molecule is C=CCOc1cc(OC)c(C2OC(COC(=O)OC)C(O)C(O)C2O)cc1C(=O)C=Cc1ccc2occc2c1. The van der Waals surface area contributed by atoms with Crippen LogP contribution in [0.2, 0.25) is 0 Å². The maximum absolute atomic E-state index is 13.4. The number of ether oxygens (including phenoxy) is 5. The third-order valence-electron chi connectivity index (χ3n) is 6.41. The van der Waals surface area contributed by atoms with Crippen molar-refractivity contribution in [1.29, 1.82) is 0 Å². The Labute approximate surface area is 229 Å². The van der Waals surface area contributed by atoms with Crippen LogP contribution in [0.1, 0.15) is 27.6 Å². The first kappa shape index (κ1) is 28.8. The molecular formula is C29H30O11. The summed E-state index contributed by atoms with van der Waals surface area (Å²) < 4.78 is 31.7. The third-order valence-corrected chi connectivity index (χ3v) is 6.41. The van der Waals surface area contributed by atoms with Crippen molar-refractivity contribution in [3.05, 3.63) is 78.1 Å². The molecule has 0 aliphatic carbocycles. The van der Waals surface area contributed by atoms with E-state index >= 15 is 0 Å². The molecule has 0 bridgehead atoms. The van der Waals surface area contributed by atoms with Crippen LogP contribution in [-0.2, 0) is 14.2 Å². The number of aliphatic hydroxyl groups excluding tert-OH is 3. The summed E-state index contributed by atoms with van der Waals surface area (Å²) in [6.07, 6.45) is -2.25. The van der Waals surface area contributed by atoms with E-state index in [1.807, 2.05) is 12.1 Å². The Balaban J connectivity index is 1.69. The van der Waals surface area contributed by atoms with Crippen LogP contribution in [0, 0.1) is 0 Å². The standard InChI is InChI=1S/C29H30O11/c1-4-10-37-23-14-22(35-2)19(28-27(33)26(32)25(31)24(40-28)15-39-29(34)36-3)13-18(23)20(30)7-5-16-6-8-21-17(12-16)9-11-38-21/h4-9,11-14,24-28,31-33H,1,10,15H2,2-3H3. The third kappa shape index (κ3) is 6.18. The summed E-state index contributed by atoms with van der Waals surface area (Å²) in [5.41, 5.74) is 1.81. The summed E-state index contributed by atoms with van der Waals surface area (Å²) in [7, 11) is 2.49. The molecule has 11 nitrogen and oxygen atoms in total. The van der Waals surface area contributed by atoms with Crippen molar-refractivity contribution in [2.45, 2.75) is 30.5 Å². The molecule has 0 saturated carbocycles. The average molecular weight is 555 g/mol. The lowest BCUT2D eigenvalue weighted by Crippen LogP contribution is -2.55. The van der Waals surface area contributed by atoms with Crippen LogP contribution < -0.4 is 9.47 Å². The minimum atomic E-state index is -1.66. The molecule has 1 aliphatic heterocycles. The number of hydrogen-bond acceptors (Lipinski definition) is 11. The van der Waals surface area contributed by atoms with Crippen molar-refractivity contribution in [3.8, 4) is 11.5 Å². The summed E-state index contributed by atoms with van der Waals surface area (Å²) in [6.45, 7) is 3.27. The molecule has 0 spiro atoms. The zero-order valence-electron chi connectivity index (χ0n) is 21.9. The number of carbonyl (C=O) groups is 2. The van der Waals surface area contributed by atoms with E-state index in [1.165, 1.54) is 31.4 Å². The maximum atomic E-state index is 13.4. The first-order valence-electron chi connectivity index (χ1n) is 12.3. The minimum Gasteiger partial charge on any atom is -0.496 e. The summed E-state index contributed by atoms with van der Waals surface area (Å²) in [6, 6.07) is 10.2. The van der Waals surface area contributed by atoms with Crippen molar-refractivity contribution >= 4 is 29.0 Å². The number of carbonyl (C=O) groups excluding carboxylic acids is 2. The van der Waals surface area contributed by atoms with Gasteiger partial charge in [0, 0.05) is 17.0 Å². The lowest BCUT2D eigenvalue weighted by molar-refractivity contribution is -0.232. The quantitative estimate of drug-likeness (QED) is 0.146. The zero-order valence-corrected chi connectivity index (χ0v) is 21.9. The van der Waals surface area contributed by atoms with E-state index in [9.17, 15) is 24.9 Å². The van der Waals surface area contributed by atoms with Crippen molar-refractivity contribution in [1.82, 2.24) is 0 Å². The largest absolute Gasteiger partial charge is 0.508 e. The van der Waals surface area contributed by atoms with Gasteiger partial charge in [0.1, 0.15) is 60.8 Å². The van der Waals surface area contributed by atoms with Crippen LogP contribution in [0.3, 0.4) is 0 Å². The number of hydrogen-bond donors (Lipinski definition) is 3. The summed E-state index contributed by atoms with van der Waals surface area (Å²) in [5.74, 6) is -0.0473. The number of methoxy groups -OCH3 is 2. The molecule has 4 rings (SSSR count). The van der Waals surface area contributed by atoms with E-state index in [0.717, 1.165) is 23.6 Å². The maximum Gasteiger partial charge on any atom is 0.508 e. The van der Waals surface area contributed by atoms with Crippen LogP contribution in [0.15, 0.2) is 65.8 Å². The highest BCUT2D eigenvalue weighted by Gasteiger charge is 2.46. The van der Waals surface area contributed by atoms with E-state index in [2.05, 4.69) is 11.3 Å². The number of furan rings is 1. The fourth-order valence-corrected chi connectivity index (χ4v) is 4.34. The van der Waals surface area contributed by atoms with Gasteiger partial charge in [0.05, 0.1) is 26.0 Å². The van der Waals surface area contributed by atoms with Gasteiger partial charge in [-0.25, -0.2) is 4.79 Å². The number of allylic oxidation sites excluding steroid dienone is 1. The molecule has 1 aromatic heterocycles. The Morgan fingerprint density at radius 3 is 2.55 bits per heavy atom. The first-order chi connectivity index (χ1) is 19.3. The molecular weight excluding hydrogens is 524 g/mol. The Morgan fingerprint density at radius 2 is 1.82 bits per heavy atom. The van der Waals surface area contributed by atoms with Gasteiger partial charge in [0.2, 0.25) is 0 Å². The molecule has 2 heterocycles. The molecule has 2 aromatic carbocycles. The predicted octanol–water partition coefficient (Wildman–Crippen LogP) is 3.21. The Bertz CT molecular complexity index is 1390. The topological polar surface area (TPSA) is 154 Å². The summed E-state index contributed by atoms with van der Waals surface area (Å²) in [5, 5.41) is 32.6. The molecule has 1 aliphatic rings. The van der Waals surface area contributed by atoms with Crippen molar-refractivity contribution in [2.24, 2.45) is 0 Å². The monoisotopic (exact) mass is 554 g/mol. The van der Waals surface area contributed by atoms with Gasteiger partial charge >= 0.3 is 6.16 Å². The molecule has 1 saturated heterocycles. The van der Waals surface area contributed by atoms with Gasteiger partial charge in [0.15, 0.2) is 5.78 Å². The minimum absolute atomic E-state index is 0.101. The first-order valence-corrected chi connectivity index (χ1v) is 12.3. The zero-order chi connectivity index (χ0) is 28.8. The second kappa shape index (κ2) is 12.8. The number of ketones is 1. The van der Waals surface area contributed by atoms with E-state index in [-0.39, 0.29) is 29.2 Å². The number of benzene rings is 2. The van der Waals surface area contributed by atoms with Gasteiger partial charge in [-0.1, -0.05) is 24.8 Å². The fourth-order valence-electron chi connectivity index (χ4n) is 4.34. The normalized spacial score (nSPS) is 22.7. The van der Waals surface area contributed by atoms with Crippen LogP contribution in [0.5, 0.6) is 11.5 Å². The molecule has 40 heavy (non-hydrogen) atoms. The predicted molar refractivity (Wildman–Crippen MR) is 142 cm³/mol. The highest BCUT2D eigenvalue weighted by Crippen LogP contribution is 2.40. The van der Waals surface area contributed by atoms with Crippen LogP contribution in [-0.4, -0.2) is 79.1 Å².